The quantitative estimate of drug-likeness (QED) is 0.676. The van der Waals surface area contributed by atoms with Crippen LogP contribution in [0.5, 0.6) is 0 Å². The van der Waals surface area contributed by atoms with Crippen molar-refractivity contribution in [3.8, 4) is 0 Å². The number of amides is 2. The van der Waals surface area contributed by atoms with E-state index in [0.717, 1.165) is 25.5 Å². The molecular weight excluding hydrogens is 208 g/mol. The Morgan fingerprint density at radius 3 is 2.88 bits per heavy atom. The molecule has 1 aliphatic heterocycles. The molecule has 2 amide bonds. The molecule has 0 aromatic heterocycles. The molecule has 0 spiro atoms. The van der Waals surface area contributed by atoms with Crippen molar-refractivity contribution >= 4 is 18.1 Å². The summed E-state index contributed by atoms with van der Waals surface area (Å²) in [5.74, 6) is -0.281. The fourth-order valence-electron chi connectivity index (χ4n) is 1.83. The second-order valence-electron chi connectivity index (χ2n) is 3.96. The first kappa shape index (κ1) is 12.7. The monoisotopic (exact) mass is 226 g/mol. The molecule has 1 unspecified atom stereocenters. The molecule has 1 N–H and O–H groups in total. The van der Waals surface area contributed by atoms with Gasteiger partial charge < -0.3 is 15.0 Å². The molecule has 0 aliphatic carbocycles. The molecule has 0 aromatic rings. The van der Waals surface area contributed by atoms with Crippen molar-refractivity contribution in [2.24, 2.45) is 0 Å². The van der Waals surface area contributed by atoms with Crippen molar-refractivity contribution in [1.82, 2.24) is 10.2 Å². The maximum atomic E-state index is 11.7. The van der Waals surface area contributed by atoms with Gasteiger partial charge in [-0.3, -0.25) is 9.59 Å². The fourth-order valence-corrected chi connectivity index (χ4v) is 1.83. The zero-order valence-electron chi connectivity index (χ0n) is 9.57. The maximum absolute atomic E-state index is 11.7. The molecule has 1 rings (SSSR count). The van der Waals surface area contributed by atoms with E-state index in [1.165, 1.54) is 0 Å². The Bertz CT molecular complexity index is 278. The van der Waals surface area contributed by atoms with Crippen LogP contribution in [0.2, 0.25) is 0 Å². The van der Waals surface area contributed by atoms with Crippen molar-refractivity contribution in [2.75, 3.05) is 13.1 Å². The SMILES string of the molecule is CCCC(=O)NCC(=O)N1CCCC1C=O. The highest BCUT2D eigenvalue weighted by Gasteiger charge is 2.27. The maximum Gasteiger partial charge on any atom is 0.242 e. The molecule has 0 aromatic carbocycles. The lowest BCUT2D eigenvalue weighted by Crippen LogP contribution is -2.43. The molecule has 1 saturated heterocycles. The van der Waals surface area contributed by atoms with E-state index < -0.39 is 0 Å². The molecule has 16 heavy (non-hydrogen) atoms. The predicted molar refractivity (Wildman–Crippen MR) is 58.7 cm³/mol. The van der Waals surface area contributed by atoms with Crippen LogP contribution in [0.4, 0.5) is 0 Å². The number of hydrogen-bond donors (Lipinski definition) is 1. The van der Waals surface area contributed by atoms with Gasteiger partial charge in [0.2, 0.25) is 11.8 Å². The topological polar surface area (TPSA) is 66.5 Å². The van der Waals surface area contributed by atoms with Gasteiger partial charge in [0.1, 0.15) is 6.29 Å². The molecular formula is C11H18N2O3. The van der Waals surface area contributed by atoms with Crippen LogP contribution < -0.4 is 5.32 Å². The first-order valence-electron chi connectivity index (χ1n) is 5.70. The van der Waals surface area contributed by atoms with Gasteiger partial charge in [-0.25, -0.2) is 0 Å². The van der Waals surface area contributed by atoms with Gasteiger partial charge in [-0.1, -0.05) is 6.92 Å². The first-order valence-corrected chi connectivity index (χ1v) is 5.70. The number of likely N-dealkylation sites (tertiary alicyclic amines) is 1. The Kier molecular flexibility index (Phi) is 4.95. The average Bonchev–Trinajstić information content (AvgIpc) is 2.74. The molecule has 90 valence electrons. The van der Waals surface area contributed by atoms with Crippen LogP contribution in [0.3, 0.4) is 0 Å². The number of nitrogens with one attached hydrogen (secondary N) is 1. The minimum atomic E-state index is -0.296. The molecule has 0 radical (unpaired) electrons. The van der Waals surface area contributed by atoms with Crippen molar-refractivity contribution < 1.29 is 14.4 Å². The summed E-state index contributed by atoms with van der Waals surface area (Å²) >= 11 is 0. The number of carbonyl (C=O) groups is 3. The summed E-state index contributed by atoms with van der Waals surface area (Å²) in [5, 5.41) is 2.56. The smallest absolute Gasteiger partial charge is 0.242 e. The van der Waals surface area contributed by atoms with Gasteiger partial charge in [-0.2, -0.15) is 0 Å². The lowest BCUT2D eigenvalue weighted by atomic mass is 10.2. The standard InChI is InChI=1S/C11H18N2O3/c1-2-4-10(15)12-7-11(16)13-6-3-5-9(13)8-14/h8-9H,2-7H2,1H3,(H,12,15). The summed E-state index contributed by atoms with van der Waals surface area (Å²) in [6.07, 6.45) is 3.60. The van der Waals surface area contributed by atoms with Crippen molar-refractivity contribution in [1.29, 1.82) is 0 Å². The number of nitrogens with zero attached hydrogens (tertiary/aromatic N) is 1. The van der Waals surface area contributed by atoms with Crippen LogP contribution in [0.25, 0.3) is 0 Å². The van der Waals surface area contributed by atoms with E-state index in [1.807, 2.05) is 6.92 Å². The van der Waals surface area contributed by atoms with E-state index in [2.05, 4.69) is 5.32 Å². The molecule has 1 atom stereocenters. The van der Waals surface area contributed by atoms with E-state index in [9.17, 15) is 14.4 Å². The lowest BCUT2D eigenvalue weighted by Gasteiger charge is -2.20. The summed E-state index contributed by atoms with van der Waals surface area (Å²) in [6, 6.07) is -0.296. The third-order valence-electron chi connectivity index (χ3n) is 2.69. The van der Waals surface area contributed by atoms with Gasteiger partial charge in [0.25, 0.3) is 0 Å². The van der Waals surface area contributed by atoms with E-state index in [-0.39, 0.29) is 24.4 Å². The number of aldehydes is 1. The van der Waals surface area contributed by atoms with Crippen molar-refractivity contribution in [3.05, 3.63) is 0 Å². The largest absolute Gasteiger partial charge is 0.347 e. The molecule has 1 aliphatic rings. The third-order valence-corrected chi connectivity index (χ3v) is 2.69. The van der Waals surface area contributed by atoms with Gasteiger partial charge in [-0.05, 0) is 19.3 Å². The molecule has 0 saturated carbocycles. The zero-order chi connectivity index (χ0) is 12.0. The Hall–Kier alpha value is -1.39. The highest BCUT2D eigenvalue weighted by atomic mass is 16.2. The van der Waals surface area contributed by atoms with Crippen LogP contribution in [0.1, 0.15) is 32.6 Å². The van der Waals surface area contributed by atoms with Gasteiger partial charge in [0, 0.05) is 13.0 Å². The summed E-state index contributed by atoms with van der Waals surface area (Å²) < 4.78 is 0. The highest BCUT2D eigenvalue weighted by Crippen LogP contribution is 2.14. The van der Waals surface area contributed by atoms with E-state index in [4.69, 9.17) is 0 Å². The third kappa shape index (κ3) is 3.32. The van der Waals surface area contributed by atoms with Crippen LogP contribution in [-0.4, -0.2) is 42.1 Å². The Balaban J connectivity index is 2.34. The van der Waals surface area contributed by atoms with Crippen LogP contribution in [0, 0.1) is 0 Å². The average molecular weight is 226 g/mol. The lowest BCUT2D eigenvalue weighted by molar-refractivity contribution is -0.135. The summed E-state index contributed by atoms with van der Waals surface area (Å²) in [7, 11) is 0. The number of hydrogen-bond acceptors (Lipinski definition) is 3. The molecule has 1 fully saturated rings. The van der Waals surface area contributed by atoms with Crippen molar-refractivity contribution in [3.63, 3.8) is 0 Å². The summed E-state index contributed by atoms with van der Waals surface area (Å²) in [5.41, 5.74) is 0. The second kappa shape index (κ2) is 6.25. The van der Waals surface area contributed by atoms with Gasteiger partial charge in [0.05, 0.1) is 12.6 Å². The number of carbonyl (C=O) groups excluding carboxylic acids is 3. The van der Waals surface area contributed by atoms with E-state index in [1.54, 1.807) is 4.90 Å². The van der Waals surface area contributed by atoms with E-state index >= 15 is 0 Å². The van der Waals surface area contributed by atoms with E-state index in [0.29, 0.717) is 13.0 Å². The normalized spacial score (nSPS) is 19.6. The van der Waals surface area contributed by atoms with Gasteiger partial charge in [0.15, 0.2) is 0 Å². The molecule has 5 heteroatoms. The van der Waals surface area contributed by atoms with Gasteiger partial charge >= 0.3 is 0 Å². The Morgan fingerprint density at radius 1 is 1.50 bits per heavy atom. The highest BCUT2D eigenvalue weighted by molar-refractivity contribution is 5.86. The Labute approximate surface area is 95.2 Å². The number of rotatable bonds is 5. The summed E-state index contributed by atoms with van der Waals surface area (Å²) in [6.45, 7) is 2.53. The van der Waals surface area contributed by atoms with Crippen molar-refractivity contribution in [2.45, 2.75) is 38.6 Å². The second-order valence-corrected chi connectivity index (χ2v) is 3.96. The first-order chi connectivity index (χ1) is 7.69. The van der Waals surface area contributed by atoms with Crippen LogP contribution >= 0.6 is 0 Å². The summed E-state index contributed by atoms with van der Waals surface area (Å²) in [4.78, 5) is 35.1. The molecule has 1 heterocycles. The predicted octanol–water partition coefficient (Wildman–Crippen LogP) is 0.0926. The minimum Gasteiger partial charge on any atom is -0.347 e. The zero-order valence-corrected chi connectivity index (χ0v) is 9.57. The van der Waals surface area contributed by atoms with Crippen LogP contribution in [-0.2, 0) is 14.4 Å². The molecule has 0 bridgehead atoms. The Morgan fingerprint density at radius 2 is 2.25 bits per heavy atom. The van der Waals surface area contributed by atoms with Gasteiger partial charge in [-0.15, -0.1) is 0 Å². The van der Waals surface area contributed by atoms with Crippen LogP contribution in [0.15, 0.2) is 0 Å². The minimum absolute atomic E-state index is 0.00315. The molecule has 5 nitrogen and oxygen atoms in total. The fraction of sp³-hybridized carbons (Fsp3) is 0.727.